The molecule has 1 aromatic heterocycles. The van der Waals surface area contributed by atoms with Crippen molar-refractivity contribution in [2.75, 3.05) is 32.7 Å². The molecule has 4 aliphatic rings. The number of aliphatic hydroxyl groups excluding tert-OH is 1. The Balaban J connectivity index is 0.803. The zero-order valence-corrected chi connectivity index (χ0v) is 45.1. The molecule has 4 heterocycles. The Morgan fingerprint density at radius 1 is 0.945 bits per heavy atom. The molecule has 3 N–H and O–H groups in total. The van der Waals surface area contributed by atoms with Crippen molar-refractivity contribution in [3.8, 4) is 23.7 Å². The van der Waals surface area contributed by atoms with Crippen LogP contribution in [-0.4, -0.2) is 112 Å². The quantitative estimate of drug-likeness (QED) is 0.110. The van der Waals surface area contributed by atoms with E-state index >= 15 is 0 Å². The van der Waals surface area contributed by atoms with Crippen LogP contribution in [0.25, 0.3) is 0 Å². The number of benzene rings is 3. The van der Waals surface area contributed by atoms with Gasteiger partial charge in [0.25, 0.3) is 5.91 Å². The Bertz CT molecular complexity index is 2750. The molecule has 0 bridgehead atoms. The molecule has 3 aliphatic heterocycles. The Kier molecular flexibility index (Phi) is 16.4. The van der Waals surface area contributed by atoms with Gasteiger partial charge in [0.15, 0.2) is 0 Å². The number of β-amino-alcohol motifs (C(OH)–C–C–N with tert-alkyl or cyclic N) is 1. The maximum Gasteiger partial charge on any atom is 0.251 e. The molecule has 1 aliphatic carbocycles. The van der Waals surface area contributed by atoms with Crippen molar-refractivity contribution in [2.24, 2.45) is 22.7 Å². The number of carbonyl (C=O) groups excluding carboxylic acids is 4. The van der Waals surface area contributed by atoms with E-state index in [2.05, 4.69) is 82.2 Å². The van der Waals surface area contributed by atoms with Crippen molar-refractivity contribution in [3.63, 3.8) is 0 Å². The first-order valence-electron chi connectivity index (χ1n) is 25.5. The van der Waals surface area contributed by atoms with E-state index < -0.39 is 30.0 Å². The van der Waals surface area contributed by atoms with Crippen LogP contribution in [0.4, 0.5) is 0 Å². The molecule has 4 atom stereocenters. The van der Waals surface area contributed by atoms with Gasteiger partial charge >= 0.3 is 0 Å². The van der Waals surface area contributed by atoms with Crippen LogP contribution >= 0.6 is 27.5 Å². The molecular formula is C57H67BrClN7O7. The molecule has 386 valence electrons. The zero-order valence-electron chi connectivity index (χ0n) is 42.8. The molecule has 4 fully saturated rings. The summed E-state index contributed by atoms with van der Waals surface area (Å²) in [6.45, 7) is 17.1. The van der Waals surface area contributed by atoms with Crippen molar-refractivity contribution < 1.29 is 33.5 Å². The molecule has 0 radical (unpaired) electrons. The number of hydrogen-bond acceptors (Lipinski definition) is 10. The van der Waals surface area contributed by atoms with E-state index in [0.29, 0.717) is 52.5 Å². The van der Waals surface area contributed by atoms with Crippen LogP contribution in [0.1, 0.15) is 131 Å². The number of hydrogen-bond donors (Lipinski definition) is 3. The molecule has 1 saturated carbocycles. The molecule has 0 spiro atoms. The van der Waals surface area contributed by atoms with Gasteiger partial charge in [-0.25, -0.2) is 0 Å². The zero-order chi connectivity index (χ0) is 52.4. The van der Waals surface area contributed by atoms with E-state index in [4.69, 9.17) is 20.9 Å². The minimum Gasteiger partial charge on any atom is -0.489 e. The molecule has 4 aromatic rings. The number of aliphatic hydroxyl groups is 1. The van der Waals surface area contributed by atoms with Crippen molar-refractivity contribution in [1.29, 1.82) is 5.26 Å². The van der Waals surface area contributed by atoms with E-state index in [9.17, 15) is 29.5 Å². The second-order valence-electron chi connectivity index (χ2n) is 21.9. The Morgan fingerprint density at radius 3 is 2.22 bits per heavy atom. The number of nitrogens with one attached hydrogen (secondary N) is 2. The lowest BCUT2D eigenvalue weighted by molar-refractivity contribution is -0.164. The maximum absolute atomic E-state index is 14.1. The number of amides is 4. The molecule has 3 aromatic carbocycles. The largest absolute Gasteiger partial charge is 0.489 e. The van der Waals surface area contributed by atoms with Crippen LogP contribution in [0.2, 0.25) is 5.02 Å². The van der Waals surface area contributed by atoms with Crippen LogP contribution in [0, 0.1) is 52.8 Å². The highest BCUT2D eigenvalue weighted by molar-refractivity contribution is 9.10. The number of likely N-dealkylation sites (tertiary alicyclic amines) is 3. The van der Waals surface area contributed by atoms with Gasteiger partial charge in [-0.15, -0.1) is 0 Å². The van der Waals surface area contributed by atoms with Crippen LogP contribution in [0.5, 0.6) is 5.75 Å². The third-order valence-corrected chi connectivity index (χ3v) is 16.4. The van der Waals surface area contributed by atoms with Gasteiger partial charge in [0, 0.05) is 82.6 Å². The molecule has 14 nitrogen and oxygen atoms in total. The number of ether oxygens (including phenoxy) is 1. The third-order valence-electron chi connectivity index (χ3n) is 15.6. The van der Waals surface area contributed by atoms with Gasteiger partial charge in [-0.2, -0.15) is 5.26 Å². The van der Waals surface area contributed by atoms with Crippen LogP contribution in [-0.2, 0) is 14.4 Å². The highest BCUT2D eigenvalue weighted by atomic mass is 79.9. The van der Waals surface area contributed by atoms with Crippen molar-refractivity contribution >= 4 is 51.2 Å². The average Bonchev–Trinajstić information content (AvgIpc) is 3.99. The second kappa shape index (κ2) is 22.4. The summed E-state index contributed by atoms with van der Waals surface area (Å²) in [6.07, 6.45) is 2.69. The Labute approximate surface area is 442 Å². The molecule has 16 heteroatoms. The third kappa shape index (κ3) is 12.0. The van der Waals surface area contributed by atoms with Gasteiger partial charge in [-0.3, -0.25) is 19.2 Å². The number of piperidine rings is 2. The van der Waals surface area contributed by atoms with Gasteiger partial charge in [-0.1, -0.05) is 98.2 Å². The fraction of sp³-hybridized carbons (Fsp3) is 0.509. The summed E-state index contributed by atoms with van der Waals surface area (Å²) in [5, 5.41) is 30.7. The summed E-state index contributed by atoms with van der Waals surface area (Å²) >= 11 is 9.77. The fourth-order valence-corrected chi connectivity index (χ4v) is 12.3. The van der Waals surface area contributed by atoms with Gasteiger partial charge in [0.2, 0.25) is 17.7 Å². The highest BCUT2D eigenvalue weighted by Crippen LogP contribution is 2.55. The first kappa shape index (κ1) is 53.6. The number of aromatic nitrogens is 1. The Hall–Kier alpha value is -5.71. The summed E-state index contributed by atoms with van der Waals surface area (Å²) in [5.41, 5.74) is 2.49. The molecular weight excluding hydrogens is 1010 g/mol. The minimum absolute atomic E-state index is 0.0200. The van der Waals surface area contributed by atoms with E-state index in [-0.39, 0.29) is 71.9 Å². The highest BCUT2D eigenvalue weighted by Gasteiger charge is 2.64. The van der Waals surface area contributed by atoms with Gasteiger partial charge in [0.1, 0.15) is 35.6 Å². The predicted octanol–water partition coefficient (Wildman–Crippen LogP) is 8.59. The monoisotopic (exact) mass is 1080 g/mol. The average molecular weight is 1080 g/mol. The summed E-state index contributed by atoms with van der Waals surface area (Å²) in [6, 6.07) is 22.5. The summed E-state index contributed by atoms with van der Waals surface area (Å²) < 4.78 is 12.8. The van der Waals surface area contributed by atoms with E-state index in [1.165, 1.54) is 4.90 Å². The predicted molar refractivity (Wildman–Crippen MR) is 281 cm³/mol. The lowest BCUT2D eigenvalue weighted by Crippen LogP contribution is -2.74. The number of halogens is 2. The van der Waals surface area contributed by atoms with Crippen LogP contribution in [0.3, 0.4) is 0 Å². The van der Waals surface area contributed by atoms with E-state index in [1.54, 1.807) is 31.2 Å². The first-order chi connectivity index (χ1) is 34.7. The summed E-state index contributed by atoms with van der Waals surface area (Å²) in [7, 11) is 0. The first-order valence-corrected chi connectivity index (χ1v) is 26.7. The van der Waals surface area contributed by atoms with E-state index in [0.717, 1.165) is 54.4 Å². The van der Waals surface area contributed by atoms with Gasteiger partial charge in [-0.05, 0) is 106 Å². The summed E-state index contributed by atoms with van der Waals surface area (Å²) in [4.78, 5) is 61.7. The summed E-state index contributed by atoms with van der Waals surface area (Å²) in [5.74, 6) is 6.38. The lowest BCUT2D eigenvalue weighted by Gasteiger charge is -2.63. The Morgan fingerprint density at radius 2 is 1.62 bits per heavy atom. The van der Waals surface area contributed by atoms with Crippen molar-refractivity contribution in [1.82, 2.24) is 30.5 Å². The molecule has 3 saturated heterocycles. The maximum atomic E-state index is 14.1. The smallest absolute Gasteiger partial charge is 0.251 e. The lowest BCUT2D eigenvalue weighted by atomic mass is 9.49. The molecule has 0 unspecified atom stereocenters. The second-order valence-corrected chi connectivity index (χ2v) is 23.2. The van der Waals surface area contributed by atoms with Crippen LogP contribution in [0.15, 0.2) is 81.8 Å². The molecule has 8 rings (SSSR count). The van der Waals surface area contributed by atoms with E-state index in [1.807, 2.05) is 67.3 Å². The standard InChI is InChI=1S/C57H67BrClN7O7/c1-34(2)50(48-28-35(3)63-73-48)53(71)66-33-43(67)29-47(66)52(70)61-46(38-14-17-41(58)18-15-38)31-49(68)65-26-22-42(23-27-65)64-24-20-37(21-25-64)9-8-36-10-12-39(13-11-36)51(69)62-54-56(4,5)55(57(54,6)7)72-44-19-16-40(32-60)45(59)30-44/h10-19,28,30,34,37,42-43,46-47,50,54-55,67H,20-27,29,31,33H2,1-7H3,(H,61,70)(H,62,69)/t43-,46+,47+,50-,54?,55?/m1/s1. The van der Waals surface area contributed by atoms with Gasteiger partial charge < -0.3 is 39.7 Å². The number of nitriles is 1. The number of nitrogens with zero attached hydrogens (tertiary/aromatic N) is 5. The molecule has 4 amide bonds. The topological polar surface area (TPSA) is 181 Å². The van der Waals surface area contributed by atoms with Crippen LogP contribution < -0.4 is 15.4 Å². The number of rotatable bonds is 13. The number of aryl methyl sites for hydroxylation is 1. The number of carbonyl (C=O) groups is 4. The normalized spacial score (nSPS) is 22.8. The van der Waals surface area contributed by atoms with Crippen molar-refractivity contribution in [2.45, 2.75) is 129 Å². The minimum atomic E-state index is -0.918. The van der Waals surface area contributed by atoms with Crippen molar-refractivity contribution in [3.05, 3.63) is 116 Å². The fourth-order valence-electron chi connectivity index (χ4n) is 11.9. The SMILES string of the molecule is Cc1cc([C@H](C(=O)N2C[C@H](O)C[C@H]2C(=O)N[C@@H](CC(=O)N2CCC(N3CCC(C#Cc4ccc(C(=O)NC5C(C)(C)C(Oc6ccc(C#N)c(Cl)c6)C5(C)C)cc4)CC3)CC2)c2ccc(Br)cc2)C(C)C)on1. The molecule has 73 heavy (non-hydrogen) atoms. The van der Waals surface area contributed by atoms with Gasteiger partial charge in [0.05, 0.1) is 34.8 Å².